The number of carbonyl (C=O) groups is 1. The normalized spacial score (nSPS) is 12.6. The molecule has 0 fully saturated rings. The van der Waals surface area contributed by atoms with E-state index in [1.165, 1.54) is 0 Å². The Hall–Kier alpha value is -2.50. The second-order valence-electron chi connectivity index (χ2n) is 4.14. The molecule has 1 aromatic heterocycles. The number of hydrogen-bond donors (Lipinski definition) is 1. The van der Waals surface area contributed by atoms with E-state index in [4.69, 9.17) is 19.1 Å². The van der Waals surface area contributed by atoms with E-state index >= 15 is 0 Å². The molecule has 0 saturated heterocycles. The highest BCUT2D eigenvalue weighted by atomic mass is 16.7. The maximum atomic E-state index is 10.5. The van der Waals surface area contributed by atoms with Gasteiger partial charge in [-0.15, -0.1) is 0 Å². The number of nitrogens with zero attached hydrogens (tertiary/aromatic N) is 1. The summed E-state index contributed by atoms with van der Waals surface area (Å²) in [7, 11) is 0. The van der Waals surface area contributed by atoms with Gasteiger partial charge in [0, 0.05) is 18.1 Å². The van der Waals surface area contributed by atoms with Gasteiger partial charge in [0.2, 0.25) is 6.79 Å². The van der Waals surface area contributed by atoms with Crippen LogP contribution >= 0.6 is 0 Å². The third-order valence-corrected chi connectivity index (χ3v) is 2.81. The molecular weight excluding hydrogens is 250 g/mol. The van der Waals surface area contributed by atoms with Gasteiger partial charge in [-0.1, -0.05) is 5.16 Å². The van der Waals surface area contributed by atoms with Crippen molar-refractivity contribution in [2.75, 3.05) is 6.79 Å². The van der Waals surface area contributed by atoms with Crippen molar-refractivity contribution in [3.63, 3.8) is 0 Å². The van der Waals surface area contributed by atoms with Crippen molar-refractivity contribution in [3.05, 3.63) is 30.0 Å². The number of benzene rings is 1. The first-order valence-electron chi connectivity index (χ1n) is 5.80. The standard InChI is InChI=1S/C13H11NO5/c15-13(16)4-2-9-6-11(19-14-9)8-1-3-10-12(5-8)18-7-17-10/h1,3,5-6H,2,4,7H2,(H,15,16). The predicted molar refractivity (Wildman–Crippen MR) is 64.0 cm³/mol. The molecule has 0 unspecified atom stereocenters. The van der Waals surface area contributed by atoms with E-state index in [2.05, 4.69) is 5.16 Å². The molecule has 2 aromatic rings. The third-order valence-electron chi connectivity index (χ3n) is 2.81. The first-order chi connectivity index (χ1) is 9.22. The summed E-state index contributed by atoms with van der Waals surface area (Å²) in [5.74, 6) is 1.10. The maximum Gasteiger partial charge on any atom is 0.303 e. The number of aliphatic carboxylic acids is 1. The number of aryl methyl sites for hydroxylation is 1. The molecule has 0 bridgehead atoms. The number of rotatable bonds is 4. The highest BCUT2D eigenvalue weighted by Crippen LogP contribution is 2.36. The van der Waals surface area contributed by atoms with E-state index < -0.39 is 5.97 Å². The third kappa shape index (κ3) is 2.37. The molecule has 1 aliphatic rings. The number of aromatic nitrogens is 1. The van der Waals surface area contributed by atoms with E-state index in [1.807, 2.05) is 12.1 Å². The molecule has 6 heteroatoms. The molecule has 19 heavy (non-hydrogen) atoms. The zero-order valence-corrected chi connectivity index (χ0v) is 9.96. The molecule has 98 valence electrons. The summed E-state index contributed by atoms with van der Waals surface area (Å²) >= 11 is 0. The average molecular weight is 261 g/mol. The van der Waals surface area contributed by atoms with E-state index in [9.17, 15) is 4.79 Å². The molecule has 0 saturated carbocycles. The van der Waals surface area contributed by atoms with Gasteiger partial charge in [-0.25, -0.2) is 0 Å². The minimum Gasteiger partial charge on any atom is -0.481 e. The fourth-order valence-electron chi connectivity index (χ4n) is 1.85. The van der Waals surface area contributed by atoms with E-state index in [0.717, 1.165) is 5.56 Å². The van der Waals surface area contributed by atoms with Gasteiger partial charge in [0.15, 0.2) is 17.3 Å². The van der Waals surface area contributed by atoms with Crippen LogP contribution in [0.5, 0.6) is 11.5 Å². The summed E-state index contributed by atoms with van der Waals surface area (Å²) in [6.45, 7) is 0.221. The van der Waals surface area contributed by atoms with Crippen molar-refractivity contribution in [2.45, 2.75) is 12.8 Å². The molecule has 3 rings (SSSR count). The van der Waals surface area contributed by atoms with Crippen LogP contribution in [0.1, 0.15) is 12.1 Å². The number of carboxylic acids is 1. The summed E-state index contributed by atoms with van der Waals surface area (Å²) in [5.41, 5.74) is 1.44. The van der Waals surface area contributed by atoms with Crippen LogP contribution in [0.25, 0.3) is 11.3 Å². The summed E-state index contributed by atoms with van der Waals surface area (Å²) in [5, 5.41) is 12.5. The number of ether oxygens (including phenoxy) is 2. The Labute approximate surface area is 108 Å². The highest BCUT2D eigenvalue weighted by Gasteiger charge is 2.16. The summed E-state index contributed by atoms with van der Waals surface area (Å²) in [6.07, 6.45) is 0.385. The molecule has 6 nitrogen and oxygen atoms in total. The Morgan fingerprint density at radius 2 is 2.11 bits per heavy atom. The lowest BCUT2D eigenvalue weighted by molar-refractivity contribution is -0.136. The number of fused-ring (bicyclic) bond motifs is 1. The van der Waals surface area contributed by atoms with Gasteiger partial charge >= 0.3 is 5.97 Å². The molecule has 2 heterocycles. The first-order valence-corrected chi connectivity index (χ1v) is 5.80. The maximum absolute atomic E-state index is 10.5. The smallest absolute Gasteiger partial charge is 0.303 e. The summed E-state index contributed by atoms with van der Waals surface area (Å²) in [4.78, 5) is 10.5. The fraction of sp³-hybridized carbons (Fsp3) is 0.231. The molecule has 0 aliphatic carbocycles. The van der Waals surface area contributed by atoms with E-state index in [1.54, 1.807) is 12.1 Å². The van der Waals surface area contributed by atoms with Gasteiger partial charge in [-0.05, 0) is 18.2 Å². The van der Waals surface area contributed by atoms with Crippen LogP contribution < -0.4 is 9.47 Å². The minimum atomic E-state index is -0.854. The van der Waals surface area contributed by atoms with Crippen LogP contribution in [0.2, 0.25) is 0 Å². The lowest BCUT2D eigenvalue weighted by atomic mass is 10.1. The highest BCUT2D eigenvalue weighted by molar-refractivity contribution is 5.67. The van der Waals surface area contributed by atoms with Crippen LogP contribution in [0.15, 0.2) is 28.8 Å². The van der Waals surface area contributed by atoms with E-state index in [0.29, 0.717) is 29.4 Å². The quantitative estimate of drug-likeness (QED) is 0.907. The molecule has 0 amide bonds. The minimum absolute atomic E-state index is 0.0348. The van der Waals surface area contributed by atoms with E-state index in [-0.39, 0.29) is 13.2 Å². The number of hydrogen-bond acceptors (Lipinski definition) is 5. The molecule has 0 spiro atoms. The zero-order chi connectivity index (χ0) is 13.2. The predicted octanol–water partition coefficient (Wildman–Crippen LogP) is 2.09. The monoisotopic (exact) mass is 261 g/mol. The van der Waals surface area contributed by atoms with Crippen LogP contribution in [0, 0.1) is 0 Å². The van der Waals surface area contributed by atoms with Crippen molar-refractivity contribution >= 4 is 5.97 Å². The lowest BCUT2D eigenvalue weighted by Gasteiger charge is -1.98. The Morgan fingerprint density at radius 1 is 1.26 bits per heavy atom. The lowest BCUT2D eigenvalue weighted by Crippen LogP contribution is -1.97. The Kier molecular flexibility index (Phi) is 2.83. The van der Waals surface area contributed by atoms with Crippen LogP contribution in [-0.2, 0) is 11.2 Å². The van der Waals surface area contributed by atoms with Crippen LogP contribution in [0.3, 0.4) is 0 Å². The van der Waals surface area contributed by atoms with Gasteiger partial charge in [-0.3, -0.25) is 4.79 Å². The Balaban J connectivity index is 1.80. The van der Waals surface area contributed by atoms with Gasteiger partial charge in [-0.2, -0.15) is 0 Å². The molecule has 1 aliphatic heterocycles. The first kappa shape index (κ1) is 11.6. The number of carboxylic acid groups (broad SMARTS) is 1. The topological polar surface area (TPSA) is 81.8 Å². The summed E-state index contributed by atoms with van der Waals surface area (Å²) < 4.78 is 15.7. The molecule has 0 radical (unpaired) electrons. The Bertz CT molecular complexity index is 619. The van der Waals surface area contributed by atoms with Gasteiger partial charge < -0.3 is 19.1 Å². The van der Waals surface area contributed by atoms with Crippen LogP contribution in [0.4, 0.5) is 0 Å². The van der Waals surface area contributed by atoms with Crippen LogP contribution in [-0.4, -0.2) is 23.0 Å². The summed E-state index contributed by atoms with van der Waals surface area (Å²) in [6, 6.07) is 7.19. The van der Waals surface area contributed by atoms with Gasteiger partial charge in [0.25, 0.3) is 0 Å². The molecule has 1 N–H and O–H groups in total. The van der Waals surface area contributed by atoms with Gasteiger partial charge in [0.05, 0.1) is 12.1 Å². The second-order valence-corrected chi connectivity index (χ2v) is 4.14. The van der Waals surface area contributed by atoms with Crippen molar-refractivity contribution < 1.29 is 23.9 Å². The average Bonchev–Trinajstić information content (AvgIpc) is 3.04. The SMILES string of the molecule is O=C(O)CCc1cc(-c2ccc3c(c2)OCO3)on1. The molecule has 1 aromatic carbocycles. The fourth-order valence-corrected chi connectivity index (χ4v) is 1.85. The second kappa shape index (κ2) is 4.64. The Morgan fingerprint density at radius 3 is 2.95 bits per heavy atom. The van der Waals surface area contributed by atoms with Crippen molar-refractivity contribution in [1.82, 2.24) is 5.16 Å². The van der Waals surface area contributed by atoms with Crippen molar-refractivity contribution in [1.29, 1.82) is 0 Å². The van der Waals surface area contributed by atoms with Crippen molar-refractivity contribution in [3.8, 4) is 22.8 Å². The van der Waals surface area contributed by atoms with Gasteiger partial charge in [0.1, 0.15) is 0 Å². The molecular formula is C13H11NO5. The largest absolute Gasteiger partial charge is 0.481 e. The zero-order valence-electron chi connectivity index (χ0n) is 9.96. The molecule has 0 atom stereocenters. The van der Waals surface area contributed by atoms with Crippen molar-refractivity contribution in [2.24, 2.45) is 0 Å².